The number of hydrogen-bond donors (Lipinski definition) is 2. The zero-order valence-corrected chi connectivity index (χ0v) is 13.7. The van der Waals surface area contributed by atoms with Gasteiger partial charge in [-0.05, 0) is 43.0 Å². The van der Waals surface area contributed by atoms with Crippen LogP contribution in [0.15, 0.2) is 24.4 Å². The molecule has 128 valence electrons. The molecule has 1 aromatic carbocycles. The van der Waals surface area contributed by atoms with E-state index in [1.807, 2.05) is 13.8 Å². The molecule has 0 aliphatic heterocycles. The van der Waals surface area contributed by atoms with Crippen LogP contribution in [0.5, 0.6) is 0 Å². The van der Waals surface area contributed by atoms with E-state index in [-0.39, 0.29) is 17.4 Å². The maximum Gasteiger partial charge on any atom is 0.326 e. The minimum Gasteiger partial charge on any atom is -0.480 e. The molecular weight excluding hydrogens is 315 g/mol. The monoisotopic (exact) mass is 334 g/mol. The molecule has 0 unspecified atom stereocenters. The Morgan fingerprint density at radius 3 is 2.67 bits per heavy atom. The van der Waals surface area contributed by atoms with E-state index in [9.17, 15) is 19.1 Å². The summed E-state index contributed by atoms with van der Waals surface area (Å²) in [4.78, 5) is 23.4. The SMILES string of the molecule is Cc1cc(F)ccc1-n1cc(C(=O)N[C@H](CC(C)C)C(=O)O)nn1. The molecule has 24 heavy (non-hydrogen) atoms. The number of halogens is 1. The summed E-state index contributed by atoms with van der Waals surface area (Å²) in [5, 5.41) is 19.2. The lowest BCUT2D eigenvalue weighted by molar-refractivity contribution is -0.139. The highest BCUT2D eigenvalue weighted by Crippen LogP contribution is 2.14. The summed E-state index contributed by atoms with van der Waals surface area (Å²) >= 11 is 0. The second kappa shape index (κ2) is 7.20. The van der Waals surface area contributed by atoms with Crippen molar-refractivity contribution in [2.24, 2.45) is 5.92 Å². The molecule has 0 saturated heterocycles. The van der Waals surface area contributed by atoms with Gasteiger partial charge in [0.15, 0.2) is 5.69 Å². The van der Waals surface area contributed by atoms with Crippen molar-refractivity contribution >= 4 is 11.9 Å². The van der Waals surface area contributed by atoms with Crippen molar-refractivity contribution < 1.29 is 19.1 Å². The van der Waals surface area contributed by atoms with E-state index in [0.29, 0.717) is 17.7 Å². The van der Waals surface area contributed by atoms with Gasteiger partial charge in [-0.1, -0.05) is 19.1 Å². The van der Waals surface area contributed by atoms with Crippen LogP contribution in [0, 0.1) is 18.7 Å². The maximum atomic E-state index is 13.2. The first kappa shape index (κ1) is 17.6. The van der Waals surface area contributed by atoms with Gasteiger partial charge in [0, 0.05) is 0 Å². The van der Waals surface area contributed by atoms with E-state index in [0.717, 1.165) is 0 Å². The van der Waals surface area contributed by atoms with Crippen LogP contribution in [0.3, 0.4) is 0 Å². The average molecular weight is 334 g/mol. The third-order valence-electron chi connectivity index (χ3n) is 3.44. The minimum atomic E-state index is -1.10. The highest BCUT2D eigenvalue weighted by molar-refractivity contribution is 5.94. The number of nitrogens with one attached hydrogen (secondary N) is 1. The Labute approximate surface area is 138 Å². The van der Waals surface area contributed by atoms with Gasteiger partial charge in [0.25, 0.3) is 5.91 Å². The van der Waals surface area contributed by atoms with E-state index in [2.05, 4.69) is 15.6 Å². The summed E-state index contributed by atoms with van der Waals surface area (Å²) < 4.78 is 14.5. The normalized spacial score (nSPS) is 12.2. The van der Waals surface area contributed by atoms with Crippen LogP contribution in [0.1, 0.15) is 36.3 Å². The van der Waals surface area contributed by atoms with Crippen LogP contribution in [-0.2, 0) is 4.79 Å². The summed E-state index contributed by atoms with van der Waals surface area (Å²) in [6.07, 6.45) is 1.69. The molecule has 0 aliphatic carbocycles. The quantitative estimate of drug-likeness (QED) is 0.841. The highest BCUT2D eigenvalue weighted by atomic mass is 19.1. The smallest absolute Gasteiger partial charge is 0.326 e. The molecular formula is C16H19FN4O3. The number of carboxylic acid groups (broad SMARTS) is 1. The maximum absolute atomic E-state index is 13.2. The average Bonchev–Trinajstić information content (AvgIpc) is 2.95. The van der Waals surface area contributed by atoms with Crippen LogP contribution in [-0.4, -0.2) is 38.0 Å². The molecule has 1 heterocycles. The molecule has 2 N–H and O–H groups in total. The fourth-order valence-corrected chi connectivity index (χ4v) is 2.29. The van der Waals surface area contributed by atoms with Crippen LogP contribution in [0.4, 0.5) is 4.39 Å². The predicted octanol–water partition coefficient (Wildman–Crippen LogP) is 1.94. The van der Waals surface area contributed by atoms with E-state index in [1.165, 1.54) is 29.1 Å². The standard InChI is InChI=1S/C16H19FN4O3/c1-9(2)6-12(16(23)24)18-15(22)13-8-21(20-19-13)14-5-4-11(17)7-10(14)3/h4-5,7-9,12H,6H2,1-3H3,(H,18,22)(H,23,24)/t12-/m1/s1. The lowest BCUT2D eigenvalue weighted by Crippen LogP contribution is -2.41. The van der Waals surface area contributed by atoms with Gasteiger partial charge in [0.05, 0.1) is 11.9 Å². The van der Waals surface area contributed by atoms with Crippen LogP contribution in [0.25, 0.3) is 5.69 Å². The van der Waals surface area contributed by atoms with Gasteiger partial charge in [-0.25, -0.2) is 13.9 Å². The molecule has 2 aromatic rings. The number of aryl methyl sites for hydroxylation is 1. The Kier molecular flexibility index (Phi) is 5.28. The van der Waals surface area contributed by atoms with E-state index in [4.69, 9.17) is 0 Å². The van der Waals surface area contributed by atoms with Crippen LogP contribution < -0.4 is 5.32 Å². The number of aliphatic carboxylic acids is 1. The summed E-state index contributed by atoms with van der Waals surface area (Å²) in [5.41, 5.74) is 1.21. The second-order valence-corrected chi connectivity index (χ2v) is 5.97. The van der Waals surface area contributed by atoms with E-state index >= 15 is 0 Å². The Morgan fingerprint density at radius 1 is 1.38 bits per heavy atom. The van der Waals surface area contributed by atoms with Crippen LogP contribution in [0.2, 0.25) is 0 Å². The topological polar surface area (TPSA) is 97.1 Å². The lowest BCUT2D eigenvalue weighted by atomic mass is 10.0. The van der Waals surface area contributed by atoms with Crippen molar-refractivity contribution in [2.45, 2.75) is 33.2 Å². The molecule has 0 spiro atoms. The van der Waals surface area contributed by atoms with E-state index in [1.54, 1.807) is 6.92 Å². The molecule has 0 fully saturated rings. The fourth-order valence-electron chi connectivity index (χ4n) is 2.29. The lowest BCUT2D eigenvalue weighted by Gasteiger charge is -2.15. The van der Waals surface area contributed by atoms with Gasteiger partial charge in [0.2, 0.25) is 0 Å². The fraction of sp³-hybridized carbons (Fsp3) is 0.375. The molecule has 0 bridgehead atoms. The second-order valence-electron chi connectivity index (χ2n) is 5.97. The molecule has 0 aliphatic rings. The van der Waals surface area contributed by atoms with Crippen molar-refractivity contribution in [2.75, 3.05) is 0 Å². The van der Waals surface area contributed by atoms with Gasteiger partial charge in [-0.2, -0.15) is 0 Å². The Bertz CT molecular complexity index is 758. The van der Waals surface area contributed by atoms with Gasteiger partial charge in [-0.15, -0.1) is 5.10 Å². The summed E-state index contributed by atoms with van der Waals surface area (Å²) in [6.45, 7) is 5.45. The number of benzene rings is 1. The number of aromatic nitrogens is 3. The number of amides is 1. The van der Waals surface area contributed by atoms with Crippen LogP contribution >= 0.6 is 0 Å². The van der Waals surface area contributed by atoms with Gasteiger partial charge in [0.1, 0.15) is 11.9 Å². The molecule has 0 saturated carbocycles. The molecule has 1 amide bonds. The molecule has 8 heteroatoms. The molecule has 1 aromatic heterocycles. The van der Waals surface area contributed by atoms with Crippen molar-refractivity contribution in [1.29, 1.82) is 0 Å². The van der Waals surface area contributed by atoms with E-state index < -0.39 is 17.9 Å². The van der Waals surface area contributed by atoms with Crippen molar-refractivity contribution in [3.63, 3.8) is 0 Å². The Morgan fingerprint density at radius 2 is 2.08 bits per heavy atom. The van der Waals surface area contributed by atoms with Gasteiger partial charge < -0.3 is 10.4 Å². The van der Waals surface area contributed by atoms with Gasteiger partial charge >= 0.3 is 5.97 Å². The Hall–Kier alpha value is -2.77. The molecule has 1 atom stereocenters. The first-order valence-corrected chi connectivity index (χ1v) is 7.50. The number of nitrogens with zero attached hydrogens (tertiary/aromatic N) is 3. The van der Waals surface area contributed by atoms with Crippen molar-refractivity contribution in [3.05, 3.63) is 41.5 Å². The van der Waals surface area contributed by atoms with Crippen molar-refractivity contribution in [3.8, 4) is 5.69 Å². The first-order valence-electron chi connectivity index (χ1n) is 7.50. The van der Waals surface area contributed by atoms with Crippen molar-refractivity contribution in [1.82, 2.24) is 20.3 Å². The molecule has 7 nitrogen and oxygen atoms in total. The highest BCUT2D eigenvalue weighted by Gasteiger charge is 2.23. The molecule has 0 radical (unpaired) electrons. The first-order chi connectivity index (χ1) is 11.3. The summed E-state index contributed by atoms with van der Waals surface area (Å²) in [7, 11) is 0. The molecule has 2 rings (SSSR count). The number of hydrogen-bond acceptors (Lipinski definition) is 4. The number of carbonyl (C=O) groups excluding carboxylic acids is 1. The summed E-state index contributed by atoms with van der Waals surface area (Å²) in [5.74, 6) is -1.97. The number of carbonyl (C=O) groups is 2. The number of rotatable bonds is 6. The predicted molar refractivity (Wildman–Crippen MR) is 84.4 cm³/mol. The minimum absolute atomic E-state index is 0.00580. The third-order valence-corrected chi connectivity index (χ3v) is 3.44. The number of carboxylic acids is 1. The van der Waals surface area contributed by atoms with Gasteiger partial charge in [-0.3, -0.25) is 4.79 Å². The zero-order chi connectivity index (χ0) is 17.9. The summed E-state index contributed by atoms with van der Waals surface area (Å²) in [6, 6.07) is 3.17. The zero-order valence-electron chi connectivity index (χ0n) is 13.7. The Balaban J connectivity index is 2.17. The largest absolute Gasteiger partial charge is 0.480 e. The third kappa shape index (κ3) is 4.15.